The van der Waals surface area contributed by atoms with Gasteiger partial charge in [0, 0.05) is 36.3 Å². The molecule has 0 fully saturated rings. The number of aromatic nitrogens is 1. The quantitative estimate of drug-likeness (QED) is 0.450. The highest BCUT2D eigenvalue weighted by atomic mass is 35.6. The van der Waals surface area contributed by atoms with Gasteiger partial charge < -0.3 is 0 Å². The second-order valence-electron chi connectivity index (χ2n) is 5.50. The standard InChI is InChI=1S/C14H18Cl5NOS/c1-8(12(15)16)5-11(21)7-10(13-20-3-4-22-13)6-9(2)14(17,18)19/h3-4,8-10,12H,5-7H2,1-2H3. The average Bonchev–Trinajstić information content (AvgIpc) is 2.90. The minimum Gasteiger partial charge on any atom is -0.300 e. The van der Waals surface area contributed by atoms with Crippen LogP contribution in [0.4, 0.5) is 0 Å². The van der Waals surface area contributed by atoms with Crippen molar-refractivity contribution in [1.82, 2.24) is 4.98 Å². The Morgan fingerprint density at radius 1 is 1.27 bits per heavy atom. The van der Waals surface area contributed by atoms with Gasteiger partial charge in [-0.25, -0.2) is 4.98 Å². The van der Waals surface area contributed by atoms with Crippen LogP contribution >= 0.6 is 69.3 Å². The van der Waals surface area contributed by atoms with E-state index in [1.54, 1.807) is 6.20 Å². The van der Waals surface area contributed by atoms with Gasteiger partial charge in [-0.3, -0.25) is 4.79 Å². The van der Waals surface area contributed by atoms with E-state index in [1.165, 1.54) is 11.3 Å². The predicted octanol–water partition coefficient (Wildman–Crippen LogP) is 6.41. The van der Waals surface area contributed by atoms with Crippen molar-refractivity contribution < 1.29 is 4.79 Å². The number of ketones is 1. The molecule has 0 aliphatic heterocycles. The third-order valence-corrected chi connectivity index (χ3v) is 6.37. The fraction of sp³-hybridized carbons (Fsp3) is 0.714. The largest absolute Gasteiger partial charge is 0.300 e. The van der Waals surface area contributed by atoms with Crippen LogP contribution in [0.15, 0.2) is 11.6 Å². The molecule has 0 aliphatic carbocycles. The maximum absolute atomic E-state index is 12.3. The second-order valence-corrected chi connectivity index (χ2v) is 9.96. The van der Waals surface area contributed by atoms with E-state index < -0.39 is 8.63 Å². The molecule has 1 aromatic rings. The van der Waals surface area contributed by atoms with Gasteiger partial charge in [0.1, 0.15) is 10.6 Å². The summed E-state index contributed by atoms with van der Waals surface area (Å²) in [7, 11) is 0. The highest BCUT2D eigenvalue weighted by molar-refractivity contribution is 7.09. The van der Waals surface area contributed by atoms with Crippen molar-refractivity contribution in [2.45, 2.75) is 47.7 Å². The van der Waals surface area contributed by atoms with Gasteiger partial charge in [-0.1, -0.05) is 48.7 Å². The SMILES string of the molecule is CC(CC(=O)CC(CC(C)C(Cl)(Cl)Cl)c1nccs1)C(Cl)Cl. The Labute approximate surface area is 160 Å². The van der Waals surface area contributed by atoms with Crippen LogP contribution in [0.3, 0.4) is 0 Å². The molecule has 0 amide bonds. The topological polar surface area (TPSA) is 30.0 Å². The number of hydrogen-bond donors (Lipinski definition) is 0. The number of alkyl halides is 5. The van der Waals surface area contributed by atoms with E-state index in [-0.39, 0.29) is 23.5 Å². The van der Waals surface area contributed by atoms with Crippen LogP contribution in [-0.4, -0.2) is 19.4 Å². The summed E-state index contributed by atoms with van der Waals surface area (Å²) in [6, 6.07) is 0. The monoisotopic (exact) mass is 423 g/mol. The molecular weight excluding hydrogens is 407 g/mol. The summed E-state index contributed by atoms with van der Waals surface area (Å²) in [5, 5.41) is 2.76. The van der Waals surface area contributed by atoms with Crippen molar-refractivity contribution in [3.8, 4) is 0 Å². The number of carbonyl (C=O) groups is 1. The molecule has 8 heteroatoms. The molecule has 2 nitrogen and oxygen atoms in total. The lowest BCUT2D eigenvalue weighted by Gasteiger charge is -2.24. The van der Waals surface area contributed by atoms with Gasteiger partial charge in [0.05, 0.1) is 5.01 Å². The van der Waals surface area contributed by atoms with Crippen molar-refractivity contribution >= 4 is 75.1 Å². The number of hydrogen-bond acceptors (Lipinski definition) is 3. The van der Waals surface area contributed by atoms with Crippen molar-refractivity contribution in [2.24, 2.45) is 11.8 Å². The van der Waals surface area contributed by atoms with Crippen molar-refractivity contribution in [3.63, 3.8) is 0 Å². The predicted molar refractivity (Wildman–Crippen MR) is 97.8 cm³/mol. The molecule has 22 heavy (non-hydrogen) atoms. The summed E-state index contributed by atoms with van der Waals surface area (Å²) in [6.45, 7) is 3.71. The lowest BCUT2D eigenvalue weighted by molar-refractivity contribution is -0.120. The summed E-state index contributed by atoms with van der Waals surface area (Å²) < 4.78 is -1.36. The van der Waals surface area contributed by atoms with Crippen LogP contribution in [0.25, 0.3) is 0 Å². The van der Waals surface area contributed by atoms with Crippen molar-refractivity contribution in [2.75, 3.05) is 0 Å². The summed E-state index contributed by atoms with van der Waals surface area (Å²) in [5.41, 5.74) is 0. The number of rotatable bonds is 8. The normalized spacial score (nSPS) is 16.5. The molecule has 126 valence electrons. The van der Waals surface area contributed by atoms with Gasteiger partial charge in [-0.05, 0) is 12.3 Å². The smallest absolute Gasteiger partial charge is 0.193 e. The van der Waals surface area contributed by atoms with Gasteiger partial charge >= 0.3 is 0 Å². The molecule has 0 aromatic carbocycles. The Morgan fingerprint density at radius 3 is 2.36 bits per heavy atom. The Morgan fingerprint density at radius 2 is 1.91 bits per heavy atom. The van der Waals surface area contributed by atoms with Gasteiger partial charge in [0.25, 0.3) is 0 Å². The molecule has 0 saturated heterocycles. The first-order valence-electron chi connectivity index (χ1n) is 6.87. The summed E-state index contributed by atoms with van der Waals surface area (Å²) in [5.74, 6) is -0.242. The van der Waals surface area contributed by atoms with Crippen LogP contribution < -0.4 is 0 Å². The van der Waals surface area contributed by atoms with E-state index in [4.69, 9.17) is 58.0 Å². The highest BCUT2D eigenvalue weighted by Crippen LogP contribution is 2.41. The zero-order valence-corrected chi connectivity index (χ0v) is 16.8. The lowest BCUT2D eigenvalue weighted by atomic mass is 9.90. The van der Waals surface area contributed by atoms with E-state index >= 15 is 0 Å². The summed E-state index contributed by atoms with van der Waals surface area (Å²) in [4.78, 5) is 16.0. The third kappa shape index (κ3) is 7.11. The van der Waals surface area contributed by atoms with Crippen LogP contribution in [0.2, 0.25) is 0 Å². The average molecular weight is 426 g/mol. The van der Waals surface area contributed by atoms with Crippen molar-refractivity contribution in [3.05, 3.63) is 16.6 Å². The first kappa shape index (κ1) is 20.8. The first-order chi connectivity index (χ1) is 10.1. The maximum atomic E-state index is 12.3. The molecule has 0 radical (unpaired) electrons. The second kappa shape index (κ2) is 9.29. The number of halogens is 5. The van der Waals surface area contributed by atoms with Crippen LogP contribution in [0.1, 0.15) is 44.0 Å². The van der Waals surface area contributed by atoms with E-state index in [1.807, 2.05) is 19.2 Å². The number of nitrogens with zero attached hydrogens (tertiary/aromatic N) is 1. The highest BCUT2D eigenvalue weighted by Gasteiger charge is 2.32. The molecule has 0 saturated carbocycles. The Bertz CT molecular complexity index is 460. The van der Waals surface area contributed by atoms with Gasteiger partial charge in [-0.15, -0.1) is 34.5 Å². The number of thiazole rings is 1. The van der Waals surface area contributed by atoms with Crippen LogP contribution in [0.5, 0.6) is 0 Å². The molecule has 3 unspecified atom stereocenters. The van der Waals surface area contributed by atoms with E-state index in [9.17, 15) is 4.79 Å². The molecule has 1 rings (SSSR count). The fourth-order valence-corrected chi connectivity index (χ4v) is 3.27. The molecular formula is C14H18Cl5NOS. The minimum absolute atomic E-state index is 0.0607. The third-order valence-electron chi connectivity index (χ3n) is 3.45. The van der Waals surface area contributed by atoms with E-state index in [0.717, 1.165) is 5.01 Å². The number of Topliss-reactive ketones (excluding diaryl/α,β-unsaturated/α-hetero) is 1. The zero-order chi connectivity index (χ0) is 16.9. The van der Waals surface area contributed by atoms with Gasteiger partial charge in [0.15, 0.2) is 3.79 Å². The lowest BCUT2D eigenvalue weighted by Crippen LogP contribution is -2.21. The van der Waals surface area contributed by atoms with Crippen LogP contribution in [0, 0.1) is 11.8 Å². The fourth-order valence-electron chi connectivity index (χ4n) is 2.07. The van der Waals surface area contributed by atoms with Crippen LogP contribution in [-0.2, 0) is 4.79 Å². The maximum Gasteiger partial charge on any atom is 0.193 e. The molecule has 0 aliphatic rings. The van der Waals surface area contributed by atoms with Gasteiger partial charge in [-0.2, -0.15) is 0 Å². The van der Waals surface area contributed by atoms with Crippen molar-refractivity contribution in [1.29, 1.82) is 0 Å². The molecule has 1 aromatic heterocycles. The molecule has 0 spiro atoms. The summed E-state index contributed by atoms with van der Waals surface area (Å²) in [6.07, 6.45) is 2.98. The Hall–Kier alpha value is 0.750. The molecule has 1 heterocycles. The van der Waals surface area contributed by atoms with E-state index in [0.29, 0.717) is 19.3 Å². The number of carbonyl (C=O) groups excluding carboxylic acids is 1. The molecule has 3 atom stereocenters. The Kier molecular flexibility index (Phi) is 8.78. The summed E-state index contributed by atoms with van der Waals surface area (Å²) >= 11 is 30.9. The van der Waals surface area contributed by atoms with Gasteiger partial charge in [0.2, 0.25) is 0 Å². The first-order valence-corrected chi connectivity index (χ1v) is 9.75. The minimum atomic E-state index is -1.36. The zero-order valence-electron chi connectivity index (χ0n) is 12.2. The Balaban J connectivity index is 2.74. The molecule has 0 N–H and O–H groups in total. The molecule has 0 bridgehead atoms. The van der Waals surface area contributed by atoms with E-state index in [2.05, 4.69) is 4.98 Å².